The minimum atomic E-state index is -4.28. The third kappa shape index (κ3) is 4.81. The van der Waals surface area contributed by atoms with Crippen molar-refractivity contribution in [1.82, 2.24) is 9.80 Å². The quantitative estimate of drug-likeness (QED) is 0.442. The minimum absolute atomic E-state index is 0.0526. The van der Waals surface area contributed by atoms with Crippen LogP contribution in [0.1, 0.15) is 6.92 Å². The molecule has 2 N–H and O–H groups in total. The highest BCUT2D eigenvalue weighted by atomic mass is 32.2. The van der Waals surface area contributed by atoms with Gasteiger partial charge in [0.25, 0.3) is 16.0 Å². The van der Waals surface area contributed by atoms with E-state index >= 15 is 0 Å². The smallest absolute Gasteiger partial charge is 0.294 e. The van der Waals surface area contributed by atoms with Crippen LogP contribution >= 0.6 is 0 Å². The van der Waals surface area contributed by atoms with Gasteiger partial charge in [0.05, 0.1) is 4.90 Å². The number of benzene rings is 1. The van der Waals surface area contributed by atoms with E-state index in [9.17, 15) is 23.3 Å². The Balaban J connectivity index is 2.03. The number of carbonyl (C=O) groups excluding carboxylic acids is 2. The van der Waals surface area contributed by atoms with Crippen LogP contribution in [0.25, 0.3) is 0 Å². The molecule has 0 aliphatic carbocycles. The summed E-state index contributed by atoms with van der Waals surface area (Å²) in [5.74, 6) is -0.499. The van der Waals surface area contributed by atoms with E-state index in [2.05, 4.69) is 5.32 Å². The Kier molecular flexibility index (Phi) is 5.97. The molecule has 1 aliphatic rings. The molecule has 0 atom stereocenters. The number of piperazine rings is 1. The standard InChI is InChI=1S/C16H18N4O5S/c1-12(21)19-6-8-20(9-7-19)16(22)13(10-17)11-18-14-2-4-15(5-3-14)26(23,24)25/h2-5,11,18H,6-9H2,1H3,(H,23,24,25)/b13-11-. The molecule has 0 aromatic heterocycles. The van der Waals surface area contributed by atoms with Crippen molar-refractivity contribution in [3.63, 3.8) is 0 Å². The molecule has 0 radical (unpaired) electrons. The van der Waals surface area contributed by atoms with Gasteiger partial charge in [-0.25, -0.2) is 0 Å². The molecular weight excluding hydrogens is 360 g/mol. The van der Waals surface area contributed by atoms with Gasteiger partial charge < -0.3 is 15.1 Å². The first-order valence-corrected chi connectivity index (χ1v) is 9.15. The van der Waals surface area contributed by atoms with Gasteiger partial charge in [-0.3, -0.25) is 14.1 Å². The zero-order valence-electron chi connectivity index (χ0n) is 14.0. The molecule has 0 unspecified atom stereocenters. The number of nitrogens with one attached hydrogen (secondary N) is 1. The molecule has 9 nitrogen and oxygen atoms in total. The highest BCUT2D eigenvalue weighted by Gasteiger charge is 2.24. The van der Waals surface area contributed by atoms with E-state index < -0.39 is 16.0 Å². The topological polar surface area (TPSA) is 131 Å². The molecule has 10 heteroatoms. The first kappa shape index (κ1) is 19.4. The van der Waals surface area contributed by atoms with Gasteiger partial charge in [0.1, 0.15) is 11.6 Å². The Bertz CT molecular complexity index is 863. The molecule has 2 amide bonds. The van der Waals surface area contributed by atoms with Crippen LogP contribution in [0.3, 0.4) is 0 Å². The lowest BCUT2D eigenvalue weighted by Gasteiger charge is -2.34. The largest absolute Gasteiger partial charge is 0.360 e. The summed E-state index contributed by atoms with van der Waals surface area (Å²) in [6, 6.07) is 7.01. The molecule has 1 fully saturated rings. The van der Waals surface area contributed by atoms with E-state index in [0.717, 1.165) is 0 Å². The van der Waals surface area contributed by atoms with Gasteiger partial charge in [0.2, 0.25) is 5.91 Å². The first-order valence-electron chi connectivity index (χ1n) is 7.71. The second-order valence-electron chi connectivity index (χ2n) is 5.61. The van der Waals surface area contributed by atoms with Crippen molar-refractivity contribution in [3.8, 4) is 6.07 Å². The molecule has 1 aromatic rings. The van der Waals surface area contributed by atoms with Crippen molar-refractivity contribution in [3.05, 3.63) is 36.0 Å². The Morgan fingerprint density at radius 1 is 1.15 bits per heavy atom. The molecule has 1 aliphatic heterocycles. The van der Waals surface area contributed by atoms with Gasteiger partial charge in [-0.05, 0) is 24.3 Å². The van der Waals surface area contributed by atoms with Crippen molar-refractivity contribution < 1.29 is 22.6 Å². The van der Waals surface area contributed by atoms with Crippen LogP contribution in [0.15, 0.2) is 40.9 Å². The summed E-state index contributed by atoms with van der Waals surface area (Å²) >= 11 is 0. The molecular formula is C16H18N4O5S. The van der Waals surface area contributed by atoms with Crippen LogP contribution in [0.2, 0.25) is 0 Å². The molecule has 1 saturated heterocycles. The van der Waals surface area contributed by atoms with Gasteiger partial charge in [-0.15, -0.1) is 0 Å². The number of nitrogens with zero attached hydrogens (tertiary/aromatic N) is 3. The fourth-order valence-electron chi connectivity index (χ4n) is 2.42. The highest BCUT2D eigenvalue weighted by Crippen LogP contribution is 2.14. The summed E-state index contributed by atoms with van der Waals surface area (Å²) in [5, 5.41) is 12.0. The highest BCUT2D eigenvalue weighted by molar-refractivity contribution is 7.85. The Morgan fingerprint density at radius 2 is 1.69 bits per heavy atom. The van der Waals surface area contributed by atoms with Crippen LogP contribution < -0.4 is 5.32 Å². The summed E-state index contributed by atoms with van der Waals surface area (Å²) in [4.78, 5) is 26.6. The van der Waals surface area contributed by atoms with Crippen LogP contribution in [0.5, 0.6) is 0 Å². The molecule has 1 aromatic carbocycles. The lowest BCUT2D eigenvalue weighted by atomic mass is 10.2. The second-order valence-corrected chi connectivity index (χ2v) is 7.03. The van der Waals surface area contributed by atoms with Gasteiger partial charge in [-0.1, -0.05) is 0 Å². The van der Waals surface area contributed by atoms with Crippen LogP contribution in [0, 0.1) is 11.3 Å². The molecule has 1 heterocycles. The van der Waals surface area contributed by atoms with E-state index in [1.807, 2.05) is 6.07 Å². The summed E-state index contributed by atoms with van der Waals surface area (Å²) in [6.45, 7) is 3.00. The lowest BCUT2D eigenvalue weighted by molar-refractivity contribution is -0.136. The maximum absolute atomic E-state index is 12.4. The van der Waals surface area contributed by atoms with E-state index in [1.54, 1.807) is 4.90 Å². The van der Waals surface area contributed by atoms with Gasteiger partial charge in [-0.2, -0.15) is 13.7 Å². The average molecular weight is 378 g/mol. The summed E-state index contributed by atoms with van der Waals surface area (Å²) < 4.78 is 30.9. The second kappa shape index (κ2) is 7.99. The van der Waals surface area contributed by atoms with E-state index in [0.29, 0.717) is 31.9 Å². The molecule has 138 valence electrons. The molecule has 26 heavy (non-hydrogen) atoms. The van der Waals surface area contributed by atoms with Crippen molar-refractivity contribution in [2.24, 2.45) is 0 Å². The number of carbonyl (C=O) groups is 2. The van der Waals surface area contributed by atoms with Gasteiger partial charge in [0, 0.05) is 45.0 Å². The third-order valence-electron chi connectivity index (χ3n) is 3.90. The third-order valence-corrected chi connectivity index (χ3v) is 4.77. The maximum Gasteiger partial charge on any atom is 0.294 e. The van der Waals surface area contributed by atoms with Crippen LogP contribution in [-0.2, 0) is 19.7 Å². The van der Waals surface area contributed by atoms with Crippen molar-refractivity contribution in [2.45, 2.75) is 11.8 Å². The fraction of sp³-hybridized carbons (Fsp3) is 0.312. The Morgan fingerprint density at radius 3 is 2.15 bits per heavy atom. The summed E-state index contributed by atoms with van der Waals surface area (Å²) in [5.41, 5.74) is 0.333. The summed E-state index contributed by atoms with van der Waals surface area (Å²) in [6.07, 6.45) is 1.24. The zero-order chi connectivity index (χ0) is 19.3. The van der Waals surface area contributed by atoms with Crippen molar-refractivity contribution in [2.75, 3.05) is 31.5 Å². The lowest BCUT2D eigenvalue weighted by Crippen LogP contribution is -2.50. The van der Waals surface area contributed by atoms with Gasteiger partial charge in [0.15, 0.2) is 0 Å². The predicted molar refractivity (Wildman–Crippen MR) is 92.4 cm³/mol. The van der Waals surface area contributed by atoms with Gasteiger partial charge >= 0.3 is 0 Å². The van der Waals surface area contributed by atoms with Crippen molar-refractivity contribution >= 4 is 27.6 Å². The average Bonchev–Trinajstić information content (AvgIpc) is 2.61. The monoisotopic (exact) mass is 378 g/mol. The number of nitriles is 1. The van der Waals surface area contributed by atoms with E-state index in [-0.39, 0.29) is 16.4 Å². The minimum Gasteiger partial charge on any atom is -0.360 e. The number of rotatable bonds is 4. The van der Waals surface area contributed by atoms with Crippen molar-refractivity contribution in [1.29, 1.82) is 5.26 Å². The SMILES string of the molecule is CC(=O)N1CCN(C(=O)/C(C#N)=C\Nc2ccc(S(=O)(=O)O)cc2)CC1. The number of amides is 2. The number of anilines is 1. The Labute approximate surface area is 151 Å². The first-order chi connectivity index (χ1) is 12.2. The fourth-order valence-corrected chi connectivity index (χ4v) is 2.90. The molecule has 0 bridgehead atoms. The zero-order valence-corrected chi connectivity index (χ0v) is 14.9. The molecule has 2 rings (SSSR count). The predicted octanol–water partition coefficient (Wildman–Crippen LogP) is 0.443. The summed E-state index contributed by atoms with van der Waals surface area (Å²) in [7, 11) is -4.28. The molecule has 0 saturated carbocycles. The maximum atomic E-state index is 12.4. The van der Waals surface area contributed by atoms with Crippen LogP contribution in [-0.4, -0.2) is 60.8 Å². The van der Waals surface area contributed by atoms with Crippen LogP contribution in [0.4, 0.5) is 5.69 Å². The number of hydrogen-bond donors (Lipinski definition) is 2. The number of hydrogen-bond acceptors (Lipinski definition) is 6. The Hall–Kier alpha value is -2.90. The van der Waals surface area contributed by atoms with E-state index in [1.165, 1.54) is 42.3 Å². The normalized spacial score (nSPS) is 15.3. The molecule has 0 spiro atoms. The van der Waals surface area contributed by atoms with E-state index in [4.69, 9.17) is 4.55 Å².